The number of carbonyl (C=O) groups excluding carboxylic acids is 1. The Morgan fingerprint density at radius 1 is 0.884 bits per heavy atom. The van der Waals surface area contributed by atoms with E-state index in [4.69, 9.17) is 16.3 Å². The summed E-state index contributed by atoms with van der Waals surface area (Å²) in [6.45, 7) is 7.03. The first kappa shape index (κ1) is 29.0. The Kier molecular flexibility index (Phi) is 8.77. The number of aromatic nitrogens is 1. The third-order valence-electron chi connectivity index (χ3n) is 8.32. The molecule has 1 aliphatic heterocycles. The quantitative estimate of drug-likeness (QED) is 0.173. The van der Waals surface area contributed by atoms with Crippen molar-refractivity contribution in [2.75, 3.05) is 32.7 Å². The Balaban J connectivity index is 1.37. The van der Waals surface area contributed by atoms with Crippen LogP contribution in [0, 0.1) is 5.82 Å². The maximum Gasteiger partial charge on any atom is 0.223 e. The maximum atomic E-state index is 13.8. The van der Waals surface area contributed by atoms with Gasteiger partial charge < -0.3 is 19.1 Å². The zero-order valence-corrected chi connectivity index (χ0v) is 25.0. The first-order valence-corrected chi connectivity index (χ1v) is 15.2. The van der Waals surface area contributed by atoms with E-state index in [1.807, 2.05) is 59.5 Å². The molecule has 4 aromatic carbocycles. The molecule has 1 fully saturated rings. The summed E-state index contributed by atoms with van der Waals surface area (Å²) in [7, 11) is 0. The third kappa shape index (κ3) is 6.76. The van der Waals surface area contributed by atoms with E-state index in [1.54, 1.807) is 12.1 Å². The van der Waals surface area contributed by atoms with Gasteiger partial charge in [-0.15, -0.1) is 0 Å². The lowest BCUT2D eigenvalue weighted by atomic mass is 9.87. The number of rotatable bonds is 9. The van der Waals surface area contributed by atoms with Gasteiger partial charge in [-0.1, -0.05) is 61.0 Å². The van der Waals surface area contributed by atoms with Crippen molar-refractivity contribution >= 4 is 28.4 Å². The molecule has 2 heterocycles. The number of hydrogen-bond acceptors (Lipinski definition) is 3. The standard InChI is InChI=1S/C36H35ClFN3O2/c1-2-39-18-20-40(21-19-39)36(42)23-33(27-6-5-7-31(22-27)43-30-16-12-28(37)13-17-30)34-25-41(35-9-4-3-8-32(34)35)24-26-10-14-29(38)15-11-26/h3-17,22,25,33H,2,18-21,23-24H2,1H3/t33-/m1/s1. The number of halogens is 2. The van der Waals surface area contributed by atoms with Crippen molar-refractivity contribution in [1.29, 1.82) is 0 Å². The smallest absolute Gasteiger partial charge is 0.223 e. The molecule has 0 aliphatic carbocycles. The molecule has 43 heavy (non-hydrogen) atoms. The fourth-order valence-electron chi connectivity index (χ4n) is 5.93. The molecule has 7 heteroatoms. The molecule has 1 saturated heterocycles. The molecule has 0 saturated carbocycles. The highest BCUT2D eigenvalue weighted by Crippen LogP contribution is 2.37. The molecule has 1 amide bonds. The lowest BCUT2D eigenvalue weighted by molar-refractivity contribution is -0.133. The van der Waals surface area contributed by atoms with Crippen LogP contribution in [-0.2, 0) is 11.3 Å². The second-order valence-corrected chi connectivity index (χ2v) is 11.5. The third-order valence-corrected chi connectivity index (χ3v) is 8.57. The summed E-state index contributed by atoms with van der Waals surface area (Å²) in [4.78, 5) is 18.2. The van der Waals surface area contributed by atoms with E-state index in [0.29, 0.717) is 29.5 Å². The van der Waals surface area contributed by atoms with E-state index in [1.165, 1.54) is 12.1 Å². The molecule has 1 aliphatic rings. The van der Waals surface area contributed by atoms with Gasteiger partial charge in [0.05, 0.1) is 0 Å². The van der Waals surface area contributed by atoms with Crippen LogP contribution in [0.1, 0.15) is 36.0 Å². The molecule has 0 unspecified atom stereocenters. The number of amides is 1. The minimum absolute atomic E-state index is 0.153. The molecular weight excluding hydrogens is 561 g/mol. The number of likely N-dealkylation sites (N-methyl/N-ethyl adjacent to an activating group) is 1. The van der Waals surface area contributed by atoms with Crippen molar-refractivity contribution in [1.82, 2.24) is 14.4 Å². The topological polar surface area (TPSA) is 37.7 Å². The summed E-state index contributed by atoms with van der Waals surface area (Å²) in [6, 6.07) is 30.2. The Bertz CT molecular complexity index is 1690. The average molecular weight is 596 g/mol. The van der Waals surface area contributed by atoms with E-state index >= 15 is 0 Å². The molecule has 0 spiro atoms. The number of carbonyl (C=O) groups is 1. The predicted molar refractivity (Wildman–Crippen MR) is 171 cm³/mol. The molecule has 0 radical (unpaired) electrons. The van der Waals surface area contributed by atoms with Gasteiger partial charge in [-0.3, -0.25) is 4.79 Å². The summed E-state index contributed by atoms with van der Waals surface area (Å²) in [6.07, 6.45) is 2.51. The predicted octanol–water partition coefficient (Wildman–Crippen LogP) is 7.96. The van der Waals surface area contributed by atoms with Crippen LogP contribution in [0.25, 0.3) is 10.9 Å². The largest absolute Gasteiger partial charge is 0.457 e. The number of benzene rings is 4. The van der Waals surface area contributed by atoms with Gasteiger partial charge >= 0.3 is 0 Å². The highest BCUT2D eigenvalue weighted by molar-refractivity contribution is 6.30. The van der Waals surface area contributed by atoms with Gasteiger partial charge in [0.25, 0.3) is 0 Å². The lowest BCUT2D eigenvalue weighted by Gasteiger charge is -2.35. The number of fused-ring (bicyclic) bond motifs is 1. The summed E-state index contributed by atoms with van der Waals surface area (Å²) in [5.41, 5.74) is 4.18. The van der Waals surface area contributed by atoms with Crippen molar-refractivity contribution in [2.24, 2.45) is 0 Å². The van der Waals surface area contributed by atoms with Gasteiger partial charge in [-0.05, 0) is 77.8 Å². The van der Waals surface area contributed by atoms with Crippen molar-refractivity contribution in [3.63, 3.8) is 0 Å². The number of nitrogens with zero attached hydrogens (tertiary/aromatic N) is 3. The van der Waals surface area contributed by atoms with Crippen LogP contribution in [0.3, 0.4) is 0 Å². The van der Waals surface area contributed by atoms with Gasteiger partial charge in [0.15, 0.2) is 0 Å². The molecule has 1 aromatic heterocycles. The van der Waals surface area contributed by atoms with Gasteiger partial charge in [-0.2, -0.15) is 0 Å². The molecule has 5 nitrogen and oxygen atoms in total. The van der Waals surface area contributed by atoms with Crippen LogP contribution >= 0.6 is 11.6 Å². The van der Waals surface area contributed by atoms with Crippen LogP contribution in [0.4, 0.5) is 4.39 Å². The average Bonchev–Trinajstić information content (AvgIpc) is 3.40. The fraction of sp³-hybridized carbons (Fsp3) is 0.250. The highest BCUT2D eigenvalue weighted by Gasteiger charge is 2.27. The SMILES string of the molecule is CCN1CCN(C(=O)C[C@H](c2cccc(Oc3ccc(Cl)cc3)c2)c2cn(Cc3ccc(F)cc3)c3ccccc23)CC1. The Hall–Kier alpha value is -4.13. The van der Waals surface area contributed by atoms with E-state index in [-0.39, 0.29) is 17.6 Å². The van der Waals surface area contributed by atoms with Crippen molar-refractivity contribution in [2.45, 2.75) is 25.8 Å². The number of para-hydroxylation sites is 1. The van der Waals surface area contributed by atoms with Gasteiger partial charge in [0.2, 0.25) is 5.91 Å². The van der Waals surface area contributed by atoms with Crippen molar-refractivity contribution in [3.8, 4) is 11.5 Å². The van der Waals surface area contributed by atoms with Crippen LogP contribution < -0.4 is 4.74 Å². The fourth-order valence-corrected chi connectivity index (χ4v) is 6.05. The second-order valence-electron chi connectivity index (χ2n) is 11.1. The second kappa shape index (κ2) is 13.0. The molecule has 0 N–H and O–H groups in total. The molecule has 6 rings (SSSR count). The maximum absolute atomic E-state index is 13.8. The normalized spacial score (nSPS) is 14.6. The summed E-state index contributed by atoms with van der Waals surface area (Å²) < 4.78 is 22.0. The zero-order valence-electron chi connectivity index (χ0n) is 24.3. The first-order valence-electron chi connectivity index (χ1n) is 14.8. The Morgan fingerprint density at radius 2 is 1.63 bits per heavy atom. The minimum atomic E-state index is -0.249. The summed E-state index contributed by atoms with van der Waals surface area (Å²) in [5, 5.41) is 1.75. The molecule has 1 atom stereocenters. The Morgan fingerprint density at radius 3 is 2.37 bits per heavy atom. The van der Waals surface area contributed by atoms with E-state index in [9.17, 15) is 9.18 Å². The minimum Gasteiger partial charge on any atom is -0.457 e. The van der Waals surface area contributed by atoms with E-state index in [0.717, 1.165) is 60.3 Å². The van der Waals surface area contributed by atoms with Crippen LogP contribution in [0.5, 0.6) is 11.5 Å². The lowest BCUT2D eigenvalue weighted by Crippen LogP contribution is -2.48. The molecule has 220 valence electrons. The summed E-state index contributed by atoms with van der Waals surface area (Å²) in [5.74, 6) is 1.11. The molecule has 5 aromatic rings. The Labute approximate surface area is 257 Å². The van der Waals surface area contributed by atoms with Crippen LogP contribution in [-0.4, -0.2) is 53.0 Å². The van der Waals surface area contributed by atoms with Gasteiger partial charge in [0, 0.05) is 67.2 Å². The van der Waals surface area contributed by atoms with Crippen LogP contribution in [0.15, 0.2) is 103 Å². The van der Waals surface area contributed by atoms with Gasteiger partial charge in [0.1, 0.15) is 17.3 Å². The molecular formula is C36H35ClFN3O2. The van der Waals surface area contributed by atoms with Gasteiger partial charge in [-0.25, -0.2) is 4.39 Å². The van der Waals surface area contributed by atoms with Crippen molar-refractivity contribution in [3.05, 3.63) is 131 Å². The van der Waals surface area contributed by atoms with Crippen LogP contribution in [0.2, 0.25) is 5.02 Å². The summed E-state index contributed by atoms with van der Waals surface area (Å²) >= 11 is 6.07. The monoisotopic (exact) mass is 595 g/mol. The van der Waals surface area contributed by atoms with E-state index < -0.39 is 0 Å². The highest BCUT2D eigenvalue weighted by atomic mass is 35.5. The number of hydrogen-bond donors (Lipinski definition) is 0. The zero-order chi connectivity index (χ0) is 29.8. The molecule has 0 bridgehead atoms. The van der Waals surface area contributed by atoms with E-state index in [2.05, 4.69) is 40.8 Å². The first-order chi connectivity index (χ1) is 21.0. The number of ether oxygens (including phenoxy) is 1. The van der Waals surface area contributed by atoms with Crippen molar-refractivity contribution < 1.29 is 13.9 Å². The number of piperazine rings is 1.